The predicted molar refractivity (Wildman–Crippen MR) is 98.9 cm³/mol. The summed E-state index contributed by atoms with van der Waals surface area (Å²) in [5.74, 6) is -2.31. The first-order chi connectivity index (χ1) is 12.7. The topological polar surface area (TPSA) is 85.9 Å². The average Bonchev–Trinajstić information content (AvgIpc) is 2.58. The van der Waals surface area contributed by atoms with Gasteiger partial charge in [0, 0.05) is 29.6 Å². The number of aromatic nitrogens is 2. The molecule has 0 saturated carbocycles. The molecule has 0 aliphatic heterocycles. The summed E-state index contributed by atoms with van der Waals surface area (Å²) in [5.41, 5.74) is 7.80. The molecular weight excluding hydrogens is 396 g/mol. The van der Waals surface area contributed by atoms with Crippen LogP contribution in [0.1, 0.15) is 11.1 Å². The Labute approximate surface area is 159 Å². The van der Waals surface area contributed by atoms with Crippen molar-refractivity contribution < 1.29 is 17.2 Å². The minimum absolute atomic E-state index is 0.00984. The van der Waals surface area contributed by atoms with Crippen LogP contribution in [0, 0.1) is 18.6 Å². The van der Waals surface area contributed by atoms with Gasteiger partial charge < -0.3 is 5.73 Å². The molecule has 0 saturated heterocycles. The van der Waals surface area contributed by atoms with Crippen LogP contribution in [-0.4, -0.2) is 18.4 Å². The Morgan fingerprint density at radius 1 is 1.15 bits per heavy atom. The molecule has 1 aromatic carbocycles. The maximum atomic E-state index is 13.9. The molecule has 2 N–H and O–H groups in total. The first kappa shape index (κ1) is 19.2. The molecule has 140 valence electrons. The second-order valence-electron chi connectivity index (χ2n) is 5.87. The number of nitrogens with zero attached hydrogens (tertiary/aromatic N) is 2. The number of nitrogens with two attached hydrogens (primary N) is 1. The minimum Gasteiger partial charge on any atom is -0.384 e. The molecule has 0 fully saturated rings. The van der Waals surface area contributed by atoms with Gasteiger partial charge in [-0.25, -0.2) is 27.2 Å². The third-order valence-corrected chi connectivity index (χ3v) is 6.06. The van der Waals surface area contributed by atoms with Crippen molar-refractivity contribution in [2.75, 3.05) is 5.73 Å². The second kappa shape index (κ2) is 7.21. The van der Waals surface area contributed by atoms with Gasteiger partial charge >= 0.3 is 0 Å². The van der Waals surface area contributed by atoms with Crippen LogP contribution in [0.15, 0.2) is 47.6 Å². The van der Waals surface area contributed by atoms with E-state index in [1.807, 2.05) is 0 Å². The molecule has 5 nitrogen and oxygen atoms in total. The Morgan fingerprint density at radius 3 is 2.56 bits per heavy atom. The summed E-state index contributed by atoms with van der Waals surface area (Å²) in [4.78, 5) is 7.36. The summed E-state index contributed by atoms with van der Waals surface area (Å²) in [6, 6.07) is 5.63. The lowest BCUT2D eigenvalue weighted by Crippen LogP contribution is -2.10. The molecular formula is C18H14ClF2N3O2S. The Morgan fingerprint density at radius 2 is 1.89 bits per heavy atom. The van der Waals surface area contributed by atoms with Crippen molar-refractivity contribution in [3.8, 4) is 11.1 Å². The maximum Gasteiger partial charge on any atom is 0.185 e. The zero-order valence-electron chi connectivity index (χ0n) is 14.1. The number of nitrogen functional groups attached to an aromatic ring is 1. The Bertz CT molecular complexity index is 1140. The molecule has 0 amide bonds. The molecule has 0 spiro atoms. The number of halogens is 3. The van der Waals surface area contributed by atoms with Gasteiger partial charge in [0.15, 0.2) is 9.84 Å². The molecule has 3 aromatic rings. The number of hydrogen-bond acceptors (Lipinski definition) is 5. The van der Waals surface area contributed by atoms with Gasteiger partial charge in [-0.1, -0.05) is 11.6 Å². The summed E-state index contributed by atoms with van der Waals surface area (Å²) in [5, 5.41) is -0.00984. The quantitative estimate of drug-likeness (QED) is 0.521. The van der Waals surface area contributed by atoms with Crippen molar-refractivity contribution in [1.82, 2.24) is 9.97 Å². The van der Waals surface area contributed by atoms with Gasteiger partial charge in [-0.05, 0) is 42.3 Å². The van der Waals surface area contributed by atoms with Crippen LogP contribution in [0.25, 0.3) is 11.1 Å². The first-order valence-corrected chi connectivity index (χ1v) is 9.76. The van der Waals surface area contributed by atoms with Crippen LogP contribution in [0.3, 0.4) is 0 Å². The van der Waals surface area contributed by atoms with E-state index in [4.69, 9.17) is 17.3 Å². The summed E-state index contributed by atoms with van der Waals surface area (Å²) < 4.78 is 52.4. The van der Waals surface area contributed by atoms with E-state index in [2.05, 4.69) is 9.97 Å². The van der Waals surface area contributed by atoms with Crippen LogP contribution in [-0.2, 0) is 15.6 Å². The van der Waals surface area contributed by atoms with E-state index in [1.54, 1.807) is 19.1 Å². The van der Waals surface area contributed by atoms with Crippen molar-refractivity contribution in [3.05, 3.63) is 70.6 Å². The molecule has 0 radical (unpaired) electrons. The number of benzene rings is 1. The molecule has 0 aliphatic carbocycles. The van der Waals surface area contributed by atoms with Crippen molar-refractivity contribution in [2.24, 2.45) is 0 Å². The van der Waals surface area contributed by atoms with Crippen molar-refractivity contribution >= 4 is 27.3 Å². The number of sulfone groups is 1. The van der Waals surface area contributed by atoms with E-state index < -0.39 is 32.1 Å². The van der Waals surface area contributed by atoms with Crippen molar-refractivity contribution in [3.63, 3.8) is 0 Å². The zero-order valence-corrected chi connectivity index (χ0v) is 15.7. The van der Waals surface area contributed by atoms with Crippen LogP contribution in [0.5, 0.6) is 0 Å². The van der Waals surface area contributed by atoms with Crippen LogP contribution in [0.4, 0.5) is 14.6 Å². The highest BCUT2D eigenvalue weighted by molar-refractivity contribution is 7.90. The predicted octanol–water partition coefficient (Wildman–Crippen LogP) is 3.94. The summed E-state index contributed by atoms with van der Waals surface area (Å²) in [7, 11) is -4.12. The fourth-order valence-corrected chi connectivity index (χ4v) is 4.54. The van der Waals surface area contributed by atoms with Gasteiger partial charge in [-0.15, -0.1) is 0 Å². The molecule has 0 bridgehead atoms. The molecule has 2 aromatic heterocycles. The smallest absolute Gasteiger partial charge is 0.185 e. The van der Waals surface area contributed by atoms with E-state index in [0.29, 0.717) is 28.6 Å². The third kappa shape index (κ3) is 3.91. The van der Waals surface area contributed by atoms with Gasteiger partial charge in [0.05, 0.1) is 5.75 Å². The Hall–Kier alpha value is -2.58. The highest BCUT2D eigenvalue weighted by Gasteiger charge is 2.24. The second-order valence-corrected chi connectivity index (χ2v) is 8.19. The van der Waals surface area contributed by atoms with Gasteiger partial charge in [-0.2, -0.15) is 0 Å². The number of anilines is 1. The molecule has 3 rings (SSSR count). The maximum absolute atomic E-state index is 13.9. The number of pyridine rings is 2. The fraction of sp³-hybridized carbons (Fsp3) is 0.111. The lowest BCUT2D eigenvalue weighted by atomic mass is 10.0. The lowest BCUT2D eigenvalue weighted by molar-refractivity contribution is 0.548. The lowest BCUT2D eigenvalue weighted by Gasteiger charge is -2.14. The van der Waals surface area contributed by atoms with E-state index in [1.165, 1.54) is 12.4 Å². The standard InChI is InChI=1S/C18H14ClF2N3O2S/c1-10-13(11-4-5-23-17(22)6-11)8-24-18(19)14(10)9-27(25,26)16-3-2-12(20)7-15(16)21/h2-8H,9H2,1H3,(H2,22,23). The number of hydrogen-bond donors (Lipinski definition) is 1. The van der Waals surface area contributed by atoms with E-state index in [0.717, 1.165) is 12.1 Å². The monoisotopic (exact) mass is 409 g/mol. The van der Waals surface area contributed by atoms with Crippen LogP contribution < -0.4 is 5.73 Å². The largest absolute Gasteiger partial charge is 0.384 e. The molecule has 2 heterocycles. The normalized spacial score (nSPS) is 11.6. The SMILES string of the molecule is Cc1c(-c2ccnc(N)c2)cnc(Cl)c1CS(=O)(=O)c1ccc(F)cc1F. The van der Waals surface area contributed by atoms with Gasteiger partial charge in [0.1, 0.15) is 27.5 Å². The van der Waals surface area contributed by atoms with Gasteiger partial charge in [0.25, 0.3) is 0 Å². The molecule has 27 heavy (non-hydrogen) atoms. The zero-order chi connectivity index (χ0) is 19.8. The van der Waals surface area contributed by atoms with Crippen molar-refractivity contribution in [2.45, 2.75) is 17.6 Å². The van der Waals surface area contributed by atoms with Gasteiger partial charge in [0.2, 0.25) is 0 Å². The van der Waals surface area contributed by atoms with E-state index >= 15 is 0 Å². The van der Waals surface area contributed by atoms with E-state index in [-0.39, 0.29) is 10.7 Å². The van der Waals surface area contributed by atoms with Gasteiger partial charge in [-0.3, -0.25) is 0 Å². The summed E-state index contributed by atoms with van der Waals surface area (Å²) >= 11 is 6.11. The summed E-state index contributed by atoms with van der Waals surface area (Å²) in [6.07, 6.45) is 3.02. The highest BCUT2D eigenvalue weighted by atomic mass is 35.5. The molecule has 0 unspecified atom stereocenters. The molecule has 9 heteroatoms. The highest BCUT2D eigenvalue weighted by Crippen LogP contribution is 2.32. The van der Waals surface area contributed by atoms with Crippen LogP contribution >= 0.6 is 11.6 Å². The van der Waals surface area contributed by atoms with Crippen molar-refractivity contribution in [1.29, 1.82) is 0 Å². The average molecular weight is 410 g/mol. The first-order valence-electron chi connectivity index (χ1n) is 7.72. The van der Waals surface area contributed by atoms with E-state index in [9.17, 15) is 17.2 Å². The molecule has 0 aliphatic rings. The third-order valence-electron chi connectivity index (χ3n) is 4.07. The summed E-state index contributed by atoms with van der Waals surface area (Å²) in [6.45, 7) is 1.69. The molecule has 0 atom stereocenters. The number of rotatable bonds is 4. The fourth-order valence-electron chi connectivity index (χ4n) is 2.68. The minimum atomic E-state index is -4.12. The van der Waals surface area contributed by atoms with Crippen LogP contribution in [0.2, 0.25) is 5.15 Å². The Kier molecular flexibility index (Phi) is 5.12. The Balaban J connectivity index is 2.08.